The fourth-order valence-corrected chi connectivity index (χ4v) is 1.80. The molecule has 0 bridgehead atoms. The smallest absolute Gasteiger partial charge is 0.257 e. The Hall–Kier alpha value is -2.21. The molecule has 0 aliphatic carbocycles. The zero-order chi connectivity index (χ0) is 14.9. The van der Waals surface area contributed by atoms with E-state index in [1.54, 1.807) is 0 Å². The molecule has 0 atom stereocenters. The van der Waals surface area contributed by atoms with E-state index in [9.17, 15) is 18.0 Å². The number of hydrogen-bond donors (Lipinski definition) is 2. The Kier molecular flexibility index (Phi) is 3.85. The molecule has 3 nitrogen and oxygen atoms in total. The molecule has 0 saturated carbocycles. The Morgan fingerprint density at radius 3 is 2.35 bits per heavy atom. The first-order chi connectivity index (χ1) is 9.38. The third-order valence-electron chi connectivity index (χ3n) is 2.50. The lowest BCUT2D eigenvalue weighted by atomic mass is 10.2. The van der Waals surface area contributed by atoms with E-state index >= 15 is 0 Å². The van der Waals surface area contributed by atoms with Gasteiger partial charge in [0.25, 0.3) is 5.91 Å². The first-order valence-electron chi connectivity index (χ1n) is 5.39. The lowest BCUT2D eigenvalue weighted by Crippen LogP contribution is -2.14. The van der Waals surface area contributed by atoms with Crippen molar-refractivity contribution < 1.29 is 18.0 Å². The van der Waals surface area contributed by atoms with Crippen molar-refractivity contribution >= 4 is 28.9 Å². The molecule has 0 heterocycles. The number of hydrogen-bond acceptors (Lipinski definition) is 2. The van der Waals surface area contributed by atoms with Crippen molar-refractivity contribution in [1.29, 1.82) is 0 Å². The molecule has 0 saturated heterocycles. The van der Waals surface area contributed by atoms with Gasteiger partial charge in [0.05, 0.1) is 16.3 Å². The van der Waals surface area contributed by atoms with Crippen LogP contribution in [0.4, 0.5) is 24.5 Å². The molecule has 20 heavy (non-hydrogen) atoms. The van der Waals surface area contributed by atoms with Crippen molar-refractivity contribution in [3.63, 3.8) is 0 Å². The van der Waals surface area contributed by atoms with Crippen LogP contribution >= 0.6 is 11.6 Å². The molecule has 0 unspecified atom stereocenters. The van der Waals surface area contributed by atoms with E-state index in [-0.39, 0.29) is 10.6 Å². The van der Waals surface area contributed by atoms with Gasteiger partial charge in [0.15, 0.2) is 11.6 Å². The molecule has 104 valence electrons. The predicted octanol–water partition coefficient (Wildman–Crippen LogP) is 3.59. The molecule has 1 amide bonds. The number of anilines is 2. The summed E-state index contributed by atoms with van der Waals surface area (Å²) in [7, 11) is 0. The van der Waals surface area contributed by atoms with Crippen molar-refractivity contribution in [3.05, 3.63) is 58.4 Å². The lowest BCUT2D eigenvalue weighted by molar-refractivity contribution is 0.102. The minimum Gasteiger partial charge on any atom is -0.399 e. The summed E-state index contributed by atoms with van der Waals surface area (Å²) in [6.07, 6.45) is 0. The SMILES string of the molecule is Nc1ccc(C(=O)Nc2cc(F)c(F)cc2F)c(Cl)c1. The number of carbonyl (C=O) groups is 1. The number of halogens is 4. The van der Waals surface area contributed by atoms with Gasteiger partial charge in [-0.15, -0.1) is 0 Å². The van der Waals surface area contributed by atoms with Crippen LogP contribution in [0.2, 0.25) is 5.02 Å². The maximum atomic E-state index is 13.4. The molecule has 3 N–H and O–H groups in total. The molecule has 0 fully saturated rings. The molecule has 0 spiro atoms. The van der Waals surface area contributed by atoms with Gasteiger partial charge in [0.1, 0.15) is 5.82 Å². The van der Waals surface area contributed by atoms with Crippen molar-refractivity contribution in [2.24, 2.45) is 0 Å². The van der Waals surface area contributed by atoms with Gasteiger partial charge in [-0.05, 0) is 18.2 Å². The molecule has 0 aliphatic heterocycles. The predicted molar refractivity (Wildman–Crippen MR) is 70.1 cm³/mol. The standard InChI is InChI=1S/C13H8ClF3N2O/c14-8-3-6(18)1-2-7(8)13(20)19-12-5-10(16)9(15)4-11(12)17/h1-5H,18H2,(H,19,20). The summed E-state index contributed by atoms with van der Waals surface area (Å²) in [6, 6.07) is 5.01. The van der Waals surface area contributed by atoms with Crippen molar-refractivity contribution in [1.82, 2.24) is 0 Å². The van der Waals surface area contributed by atoms with Crippen LogP contribution in [-0.4, -0.2) is 5.91 Å². The van der Waals surface area contributed by atoms with Gasteiger partial charge in [-0.1, -0.05) is 11.6 Å². The van der Waals surface area contributed by atoms with E-state index in [2.05, 4.69) is 5.32 Å². The molecular formula is C13H8ClF3N2O. The zero-order valence-corrected chi connectivity index (χ0v) is 10.6. The van der Waals surface area contributed by atoms with Crippen LogP contribution in [0.25, 0.3) is 0 Å². The first-order valence-corrected chi connectivity index (χ1v) is 5.77. The largest absolute Gasteiger partial charge is 0.399 e. The molecule has 2 aromatic rings. The quantitative estimate of drug-likeness (QED) is 0.658. The summed E-state index contributed by atoms with van der Waals surface area (Å²) >= 11 is 5.82. The van der Waals surface area contributed by atoms with Gasteiger partial charge in [0.2, 0.25) is 0 Å². The molecular weight excluding hydrogens is 293 g/mol. The van der Waals surface area contributed by atoms with E-state index < -0.39 is 29.0 Å². The molecule has 0 radical (unpaired) electrons. The summed E-state index contributed by atoms with van der Waals surface area (Å²) < 4.78 is 39.2. The Morgan fingerprint density at radius 1 is 1.05 bits per heavy atom. The number of nitrogens with two attached hydrogens (primary N) is 1. The van der Waals surface area contributed by atoms with E-state index in [1.165, 1.54) is 18.2 Å². The lowest BCUT2D eigenvalue weighted by Gasteiger charge is -2.08. The molecule has 0 aliphatic rings. The number of nitrogens with one attached hydrogen (secondary N) is 1. The Labute approximate surface area is 117 Å². The summed E-state index contributed by atoms with van der Waals surface area (Å²) in [6.45, 7) is 0. The second kappa shape index (κ2) is 5.42. The molecule has 0 aromatic heterocycles. The summed E-state index contributed by atoms with van der Waals surface area (Å²) in [5, 5.41) is 2.17. The fourth-order valence-electron chi connectivity index (χ4n) is 1.52. The van der Waals surface area contributed by atoms with E-state index in [4.69, 9.17) is 17.3 Å². The highest BCUT2D eigenvalue weighted by atomic mass is 35.5. The molecule has 2 aromatic carbocycles. The third kappa shape index (κ3) is 2.85. The van der Waals surface area contributed by atoms with Crippen LogP contribution in [0.15, 0.2) is 30.3 Å². The second-order valence-corrected chi connectivity index (χ2v) is 4.35. The second-order valence-electron chi connectivity index (χ2n) is 3.94. The van der Waals surface area contributed by atoms with Crippen LogP contribution in [0.5, 0.6) is 0 Å². The summed E-state index contributed by atoms with van der Waals surface area (Å²) in [5.41, 5.74) is 5.37. The Balaban J connectivity index is 2.30. The van der Waals surface area contributed by atoms with Gasteiger partial charge >= 0.3 is 0 Å². The average Bonchev–Trinajstić information content (AvgIpc) is 2.35. The highest BCUT2D eigenvalue weighted by molar-refractivity contribution is 6.34. The number of rotatable bonds is 2. The topological polar surface area (TPSA) is 55.1 Å². The molecule has 7 heteroatoms. The summed E-state index contributed by atoms with van der Waals surface area (Å²) in [4.78, 5) is 11.9. The van der Waals surface area contributed by atoms with Gasteiger partial charge in [0, 0.05) is 17.8 Å². The van der Waals surface area contributed by atoms with Crippen molar-refractivity contribution in [2.45, 2.75) is 0 Å². The van der Waals surface area contributed by atoms with Gasteiger partial charge in [-0.3, -0.25) is 4.79 Å². The van der Waals surface area contributed by atoms with Gasteiger partial charge < -0.3 is 11.1 Å². The van der Waals surface area contributed by atoms with Crippen LogP contribution in [-0.2, 0) is 0 Å². The van der Waals surface area contributed by atoms with E-state index in [0.717, 1.165) is 0 Å². The Bertz CT molecular complexity index is 692. The van der Waals surface area contributed by atoms with Gasteiger partial charge in [-0.25, -0.2) is 13.2 Å². The van der Waals surface area contributed by atoms with Crippen LogP contribution in [0, 0.1) is 17.5 Å². The third-order valence-corrected chi connectivity index (χ3v) is 2.81. The molecule has 2 rings (SSSR count). The minimum atomic E-state index is -1.34. The average molecular weight is 301 g/mol. The van der Waals surface area contributed by atoms with Crippen molar-refractivity contribution in [2.75, 3.05) is 11.1 Å². The van der Waals surface area contributed by atoms with Crippen molar-refractivity contribution in [3.8, 4) is 0 Å². The fraction of sp³-hybridized carbons (Fsp3) is 0. The number of carbonyl (C=O) groups excluding carboxylic acids is 1. The highest BCUT2D eigenvalue weighted by Gasteiger charge is 2.15. The van der Waals surface area contributed by atoms with E-state index in [1.807, 2.05) is 0 Å². The normalized spacial score (nSPS) is 10.4. The minimum absolute atomic E-state index is 0.0324. The zero-order valence-electron chi connectivity index (χ0n) is 9.88. The highest BCUT2D eigenvalue weighted by Crippen LogP contribution is 2.23. The number of benzene rings is 2. The van der Waals surface area contributed by atoms with Crippen LogP contribution < -0.4 is 11.1 Å². The van der Waals surface area contributed by atoms with Crippen LogP contribution in [0.1, 0.15) is 10.4 Å². The number of amides is 1. The number of nitrogen functional groups attached to an aromatic ring is 1. The summed E-state index contributed by atoms with van der Waals surface area (Å²) in [5.74, 6) is -4.47. The Morgan fingerprint density at radius 2 is 1.70 bits per heavy atom. The first kappa shape index (κ1) is 14.2. The monoisotopic (exact) mass is 300 g/mol. The maximum Gasteiger partial charge on any atom is 0.257 e. The van der Waals surface area contributed by atoms with Gasteiger partial charge in [-0.2, -0.15) is 0 Å². The maximum absolute atomic E-state index is 13.4. The van der Waals surface area contributed by atoms with Crippen LogP contribution in [0.3, 0.4) is 0 Å². The van der Waals surface area contributed by atoms with E-state index in [0.29, 0.717) is 17.8 Å².